The summed E-state index contributed by atoms with van der Waals surface area (Å²) in [6.45, 7) is 15.2. The zero-order valence-corrected chi connectivity index (χ0v) is 16.7. The molecule has 4 nitrogen and oxygen atoms in total. The molecule has 0 heterocycles. The Labute approximate surface area is 142 Å². The van der Waals surface area contributed by atoms with E-state index < -0.39 is 20.0 Å². The van der Waals surface area contributed by atoms with E-state index in [9.17, 15) is 14.7 Å². The summed E-state index contributed by atoms with van der Waals surface area (Å²) in [6.07, 6.45) is 3.62. The molecule has 1 unspecified atom stereocenters. The van der Waals surface area contributed by atoms with Gasteiger partial charge in [0.25, 0.3) is 0 Å². The van der Waals surface area contributed by atoms with Crippen molar-refractivity contribution in [1.29, 1.82) is 0 Å². The van der Waals surface area contributed by atoms with Gasteiger partial charge in [-0.1, -0.05) is 77.9 Å². The molecule has 0 aromatic heterocycles. The normalized spacial score (nSPS) is 14.6. The number of rotatable bonds is 10. The Morgan fingerprint density at radius 2 is 1.39 bits per heavy atom. The van der Waals surface area contributed by atoms with Crippen LogP contribution in [0.25, 0.3) is 0 Å². The minimum atomic E-state index is -2.10. The third-order valence-electron chi connectivity index (χ3n) is 5.35. The SMILES string of the molecule is CCCCC(/C(=C\C(=O)O)C(=O)O)[Si](C(C)C)(C(C)C)C(C)C. The van der Waals surface area contributed by atoms with Crippen molar-refractivity contribution in [1.82, 2.24) is 0 Å². The van der Waals surface area contributed by atoms with Crippen LogP contribution in [0.1, 0.15) is 67.7 Å². The summed E-state index contributed by atoms with van der Waals surface area (Å²) >= 11 is 0. The number of carboxylic acid groups (broad SMARTS) is 2. The number of carbonyl (C=O) groups is 2. The largest absolute Gasteiger partial charge is 0.478 e. The van der Waals surface area contributed by atoms with Crippen LogP contribution in [0.15, 0.2) is 11.6 Å². The van der Waals surface area contributed by atoms with Gasteiger partial charge in [0.1, 0.15) is 0 Å². The molecule has 0 saturated heterocycles. The molecule has 5 heteroatoms. The Bertz CT molecular complexity index is 417. The molecule has 0 rings (SSSR count). The van der Waals surface area contributed by atoms with E-state index >= 15 is 0 Å². The molecule has 0 saturated carbocycles. The van der Waals surface area contributed by atoms with Gasteiger partial charge in [0.05, 0.1) is 8.07 Å². The second-order valence-corrected chi connectivity index (χ2v) is 13.6. The van der Waals surface area contributed by atoms with Crippen LogP contribution in [0.4, 0.5) is 0 Å². The molecule has 0 bridgehead atoms. The highest BCUT2D eigenvalue weighted by atomic mass is 28.3. The number of unbranched alkanes of at least 4 members (excludes halogenated alkanes) is 1. The van der Waals surface area contributed by atoms with Crippen LogP contribution >= 0.6 is 0 Å². The maximum absolute atomic E-state index is 11.8. The molecular formula is C18H34O4Si. The zero-order chi connectivity index (χ0) is 18.4. The molecule has 0 aliphatic heterocycles. The average Bonchev–Trinajstić information content (AvgIpc) is 2.39. The monoisotopic (exact) mass is 342 g/mol. The molecule has 0 aromatic rings. The molecule has 0 spiro atoms. The number of hydrogen-bond acceptors (Lipinski definition) is 2. The van der Waals surface area contributed by atoms with Crippen LogP contribution in [0, 0.1) is 0 Å². The maximum atomic E-state index is 11.8. The fourth-order valence-electron chi connectivity index (χ4n) is 4.73. The van der Waals surface area contributed by atoms with E-state index in [1.807, 2.05) is 0 Å². The van der Waals surface area contributed by atoms with Crippen molar-refractivity contribution in [3.63, 3.8) is 0 Å². The first-order valence-electron chi connectivity index (χ1n) is 8.71. The molecule has 1 atom stereocenters. The number of hydrogen-bond donors (Lipinski definition) is 2. The summed E-state index contributed by atoms with van der Waals surface area (Å²) in [5, 5.41) is 18.9. The van der Waals surface area contributed by atoms with Gasteiger partial charge in [0.15, 0.2) is 0 Å². The minimum absolute atomic E-state index is 0.105. The van der Waals surface area contributed by atoms with Crippen LogP contribution in [-0.2, 0) is 9.59 Å². The Kier molecular flexibility index (Phi) is 8.81. The lowest BCUT2D eigenvalue weighted by molar-refractivity contribution is -0.135. The average molecular weight is 343 g/mol. The highest BCUT2D eigenvalue weighted by Gasteiger charge is 2.50. The molecule has 23 heavy (non-hydrogen) atoms. The van der Waals surface area contributed by atoms with E-state index in [4.69, 9.17) is 5.11 Å². The van der Waals surface area contributed by atoms with Crippen molar-refractivity contribution in [2.75, 3.05) is 0 Å². The standard InChI is InChI=1S/C18H34O4Si/c1-8-9-10-16(15(18(21)22)11-17(19)20)23(12(2)3,13(4)5)14(6)7/h11-14,16H,8-10H2,1-7H3,(H,19,20)(H,21,22)/b15-11+. The topological polar surface area (TPSA) is 74.6 Å². The van der Waals surface area contributed by atoms with Crippen molar-refractivity contribution in [3.8, 4) is 0 Å². The van der Waals surface area contributed by atoms with Gasteiger partial charge >= 0.3 is 11.9 Å². The van der Waals surface area contributed by atoms with E-state index in [1.165, 1.54) is 0 Å². The Morgan fingerprint density at radius 3 is 1.65 bits per heavy atom. The predicted octanol–water partition coefficient (Wildman–Crippen LogP) is 5.32. The van der Waals surface area contributed by atoms with Gasteiger partial charge in [-0.3, -0.25) is 0 Å². The first kappa shape index (κ1) is 21.9. The van der Waals surface area contributed by atoms with Crippen LogP contribution in [0.2, 0.25) is 22.2 Å². The minimum Gasteiger partial charge on any atom is -0.478 e. The Morgan fingerprint density at radius 1 is 0.957 bits per heavy atom. The smallest absolute Gasteiger partial charge is 0.331 e. The van der Waals surface area contributed by atoms with Crippen LogP contribution in [0.3, 0.4) is 0 Å². The van der Waals surface area contributed by atoms with Gasteiger partial charge in [0.2, 0.25) is 0 Å². The van der Waals surface area contributed by atoms with Gasteiger partial charge in [-0.05, 0) is 12.0 Å². The summed E-state index contributed by atoms with van der Waals surface area (Å²) in [6, 6.07) is 0. The summed E-state index contributed by atoms with van der Waals surface area (Å²) in [5.74, 6) is -2.24. The predicted molar refractivity (Wildman–Crippen MR) is 97.7 cm³/mol. The van der Waals surface area contributed by atoms with Crippen molar-refractivity contribution in [2.24, 2.45) is 0 Å². The summed E-state index contributed by atoms with van der Waals surface area (Å²) in [5.41, 5.74) is 1.15. The number of aliphatic carboxylic acids is 2. The fourth-order valence-corrected chi connectivity index (χ4v) is 12.6. The summed E-state index contributed by atoms with van der Waals surface area (Å²) in [4.78, 5) is 23.0. The third-order valence-corrected chi connectivity index (χ3v) is 13.2. The van der Waals surface area contributed by atoms with Crippen molar-refractivity contribution >= 4 is 20.0 Å². The highest BCUT2D eigenvalue weighted by molar-refractivity contribution is 6.85. The van der Waals surface area contributed by atoms with E-state index in [0.29, 0.717) is 16.6 Å². The molecule has 0 aliphatic carbocycles. The molecule has 2 N–H and O–H groups in total. The second-order valence-electron chi connectivity index (χ2n) is 7.40. The quantitative estimate of drug-likeness (QED) is 0.416. The first-order valence-corrected chi connectivity index (χ1v) is 11.0. The van der Waals surface area contributed by atoms with E-state index in [1.54, 1.807) is 0 Å². The summed E-state index contributed by atoms with van der Waals surface area (Å²) in [7, 11) is -2.10. The Hall–Kier alpha value is -1.10. The number of carboxylic acids is 2. The van der Waals surface area contributed by atoms with E-state index in [2.05, 4.69) is 48.5 Å². The van der Waals surface area contributed by atoms with Gasteiger partial charge < -0.3 is 10.2 Å². The van der Waals surface area contributed by atoms with Crippen molar-refractivity contribution in [2.45, 2.75) is 89.9 Å². The van der Waals surface area contributed by atoms with Crippen LogP contribution < -0.4 is 0 Å². The highest BCUT2D eigenvalue weighted by Crippen LogP contribution is 2.53. The van der Waals surface area contributed by atoms with Crippen LogP contribution in [0.5, 0.6) is 0 Å². The van der Waals surface area contributed by atoms with Gasteiger partial charge in [-0.25, -0.2) is 9.59 Å². The van der Waals surface area contributed by atoms with Gasteiger partial charge in [-0.2, -0.15) is 0 Å². The second kappa shape index (κ2) is 9.26. The van der Waals surface area contributed by atoms with Crippen molar-refractivity contribution < 1.29 is 19.8 Å². The molecule has 0 fully saturated rings. The van der Waals surface area contributed by atoms with Crippen LogP contribution in [-0.4, -0.2) is 30.2 Å². The first-order chi connectivity index (χ1) is 10.5. The fraction of sp³-hybridized carbons (Fsp3) is 0.778. The maximum Gasteiger partial charge on any atom is 0.331 e. The lowest BCUT2D eigenvalue weighted by atomic mass is 10.1. The Balaban J connectivity index is 6.37. The molecule has 0 aliphatic rings. The molecule has 134 valence electrons. The molecular weight excluding hydrogens is 308 g/mol. The summed E-state index contributed by atoms with van der Waals surface area (Å²) < 4.78 is 0. The van der Waals surface area contributed by atoms with E-state index in [-0.39, 0.29) is 11.1 Å². The van der Waals surface area contributed by atoms with E-state index in [0.717, 1.165) is 25.3 Å². The third kappa shape index (κ3) is 4.93. The molecule has 0 radical (unpaired) electrons. The van der Waals surface area contributed by atoms with Gasteiger partial charge in [0, 0.05) is 11.6 Å². The molecule has 0 aromatic carbocycles. The molecule has 0 amide bonds. The zero-order valence-electron chi connectivity index (χ0n) is 15.7. The van der Waals surface area contributed by atoms with Crippen molar-refractivity contribution in [3.05, 3.63) is 11.6 Å². The lowest BCUT2D eigenvalue weighted by Gasteiger charge is -2.49. The van der Waals surface area contributed by atoms with Gasteiger partial charge in [-0.15, -0.1) is 0 Å². The lowest BCUT2D eigenvalue weighted by Crippen LogP contribution is -2.50.